The van der Waals surface area contributed by atoms with Gasteiger partial charge in [-0.3, -0.25) is 4.72 Å². The predicted octanol–water partition coefficient (Wildman–Crippen LogP) is 1.53. The molecule has 0 bridgehead atoms. The molecule has 0 amide bonds. The SMILES string of the molecule is Cc1ccnc(NS(=O)(=O)c2ccc(C#CCO)cc2)c1. The fourth-order valence-corrected chi connectivity index (χ4v) is 2.65. The van der Waals surface area contributed by atoms with Crippen molar-refractivity contribution in [2.45, 2.75) is 11.8 Å². The van der Waals surface area contributed by atoms with Crippen molar-refractivity contribution in [1.82, 2.24) is 4.98 Å². The Hall–Kier alpha value is -2.36. The molecule has 0 atom stereocenters. The smallest absolute Gasteiger partial charge is 0.263 e. The van der Waals surface area contributed by atoms with Crippen molar-refractivity contribution in [1.29, 1.82) is 0 Å². The number of hydrogen-bond donors (Lipinski definition) is 2. The highest BCUT2D eigenvalue weighted by molar-refractivity contribution is 7.92. The Kier molecular flexibility index (Phi) is 4.58. The molecule has 1 heterocycles. The van der Waals surface area contributed by atoms with Crippen LogP contribution in [-0.4, -0.2) is 25.1 Å². The van der Waals surface area contributed by atoms with Crippen LogP contribution in [0.5, 0.6) is 0 Å². The number of aryl methyl sites for hydroxylation is 1. The highest BCUT2D eigenvalue weighted by Crippen LogP contribution is 2.15. The molecule has 1 aromatic heterocycles. The molecule has 0 spiro atoms. The maximum absolute atomic E-state index is 12.2. The van der Waals surface area contributed by atoms with E-state index in [-0.39, 0.29) is 17.3 Å². The van der Waals surface area contributed by atoms with Crippen molar-refractivity contribution in [3.63, 3.8) is 0 Å². The summed E-state index contributed by atoms with van der Waals surface area (Å²) in [6.45, 7) is 1.62. The van der Waals surface area contributed by atoms with Crippen molar-refractivity contribution >= 4 is 15.8 Å². The van der Waals surface area contributed by atoms with Crippen molar-refractivity contribution in [2.75, 3.05) is 11.3 Å². The zero-order valence-electron chi connectivity index (χ0n) is 11.4. The van der Waals surface area contributed by atoms with E-state index in [9.17, 15) is 8.42 Å². The van der Waals surface area contributed by atoms with Crippen LogP contribution in [0.1, 0.15) is 11.1 Å². The summed E-state index contributed by atoms with van der Waals surface area (Å²) >= 11 is 0. The van der Waals surface area contributed by atoms with Crippen molar-refractivity contribution < 1.29 is 13.5 Å². The Bertz CT molecular complexity index is 788. The Labute approximate surface area is 123 Å². The van der Waals surface area contributed by atoms with Gasteiger partial charge in [-0.05, 0) is 48.9 Å². The third kappa shape index (κ3) is 4.05. The lowest BCUT2D eigenvalue weighted by Gasteiger charge is -2.07. The number of nitrogens with one attached hydrogen (secondary N) is 1. The van der Waals surface area contributed by atoms with Crippen LogP contribution in [0.2, 0.25) is 0 Å². The minimum atomic E-state index is -3.68. The van der Waals surface area contributed by atoms with E-state index in [1.807, 2.05) is 6.92 Å². The van der Waals surface area contributed by atoms with Gasteiger partial charge in [0.2, 0.25) is 0 Å². The topological polar surface area (TPSA) is 79.3 Å². The number of anilines is 1. The first-order chi connectivity index (χ1) is 10.0. The van der Waals surface area contributed by atoms with Gasteiger partial charge in [0.05, 0.1) is 4.90 Å². The normalized spacial score (nSPS) is 10.6. The van der Waals surface area contributed by atoms with Crippen LogP contribution in [0.3, 0.4) is 0 Å². The number of aliphatic hydroxyl groups excluding tert-OH is 1. The third-order valence-electron chi connectivity index (χ3n) is 2.63. The Morgan fingerprint density at radius 2 is 1.95 bits per heavy atom. The summed E-state index contributed by atoms with van der Waals surface area (Å²) in [4.78, 5) is 4.09. The molecule has 0 unspecified atom stereocenters. The van der Waals surface area contributed by atoms with Crippen LogP contribution >= 0.6 is 0 Å². The van der Waals surface area contributed by atoms with Crippen molar-refractivity contribution in [2.24, 2.45) is 0 Å². The third-order valence-corrected chi connectivity index (χ3v) is 4.00. The summed E-state index contributed by atoms with van der Waals surface area (Å²) in [5.41, 5.74) is 1.55. The maximum Gasteiger partial charge on any atom is 0.263 e. The molecule has 2 N–H and O–H groups in total. The molecule has 0 saturated carbocycles. The standard InChI is InChI=1S/C15H14N2O3S/c1-12-8-9-16-15(11-12)17-21(19,20)14-6-4-13(5-7-14)3-2-10-18/h4-9,11,18H,10H2,1H3,(H,16,17). The van der Waals surface area contributed by atoms with Gasteiger partial charge in [-0.15, -0.1) is 0 Å². The summed E-state index contributed by atoms with van der Waals surface area (Å²) in [5, 5.41) is 8.61. The molecule has 0 aliphatic heterocycles. The molecular weight excluding hydrogens is 288 g/mol. The minimum Gasteiger partial charge on any atom is -0.384 e. The lowest BCUT2D eigenvalue weighted by Crippen LogP contribution is -2.13. The number of aromatic nitrogens is 1. The van der Waals surface area contributed by atoms with Crippen LogP contribution < -0.4 is 4.72 Å². The average Bonchev–Trinajstić information content (AvgIpc) is 2.45. The van der Waals surface area contributed by atoms with Crippen LogP contribution in [0, 0.1) is 18.8 Å². The highest BCUT2D eigenvalue weighted by atomic mass is 32.2. The molecule has 0 aliphatic carbocycles. The monoisotopic (exact) mass is 302 g/mol. The van der Waals surface area contributed by atoms with E-state index < -0.39 is 10.0 Å². The second kappa shape index (κ2) is 6.39. The fourth-order valence-electron chi connectivity index (χ4n) is 1.65. The van der Waals surface area contributed by atoms with Crippen LogP contribution in [0.25, 0.3) is 0 Å². The summed E-state index contributed by atoms with van der Waals surface area (Å²) in [6.07, 6.45) is 1.54. The van der Waals surface area contributed by atoms with Gasteiger partial charge in [-0.25, -0.2) is 13.4 Å². The van der Waals surface area contributed by atoms with E-state index in [1.165, 1.54) is 12.1 Å². The van der Waals surface area contributed by atoms with E-state index in [0.717, 1.165) is 5.56 Å². The number of benzene rings is 1. The van der Waals surface area contributed by atoms with Gasteiger partial charge in [-0.1, -0.05) is 11.8 Å². The first kappa shape index (κ1) is 15.0. The number of rotatable bonds is 3. The molecule has 2 aromatic rings. The first-order valence-corrected chi connectivity index (χ1v) is 7.65. The van der Waals surface area contributed by atoms with E-state index in [1.54, 1.807) is 30.5 Å². The molecule has 108 valence electrons. The zero-order chi connectivity index (χ0) is 15.3. The quantitative estimate of drug-likeness (QED) is 0.843. The predicted molar refractivity (Wildman–Crippen MR) is 80.2 cm³/mol. The fraction of sp³-hybridized carbons (Fsp3) is 0.133. The zero-order valence-corrected chi connectivity index (χ0v) is 12.2. The summed E-state index contributed by atoms with van der Waals surface area (Å²) < 4.78 is 26.8. The Morgan fingerprint density at radius 3 is 2.57 bits per heavy atom. The molecule has 2 rings (SSSR count). The van der Waals surface area contributed by atoms with Crippen molar-refractivity contribution in [3.8, 4) is 11.8 Å². The molecule has 1 aromatic carbocycles. The molecule has 5 nitrogen and oxygen atoms in total. The van der Waals surface area contributed by atoms with E-state index >= 15 is 0 Å². The van der Waals surface area contributed by atoms with Gasteiger partial charge in [0.1, 0.15) is 12.4 Å². The number of nitrogens with zero attached hydrogens (tertiary/aromatic N) is 1. The van der Waals surface area contributed by atoms with Crippen LogP contribution in [-0.2, 0) is 10.0 Å². The van der Waals surface area contributed by atoms with Gasteiger partial charge in [-0.2, -0.15) is 0 Å². The van der Waals surface area contributed by atoms with Crippen molar-refractivity contribution in [3.05, 3.63) is 53.7 Å². The summed E-state index contributed by atoms with van der Waals surface area (Å²) in [7, 11) is -3.68. The average molecular weight is 302 g/mol. The molecule has 6 heteroatoms. The van der Waals surface area contributed by atoms with E-state index in [0.29, 0.717) is 5.56 Å². The minimum absolute atomic E-state index is 0.125. The Morgan fingerprint density at radius 1 is 1.24 bits per heavy atom. The highest BCUT2D eigenvalue weighted by Gasteiger charge is 2.14. The van der Waals surface area contributed by atoms with E-state index in [2.05, 4.69) is 21.5 Å². The second-order valence-electron chi connectivity index (χ2n) is 4.31. The number of pyridine rings is 1. The van der Waals surface area contributed by atoms with Crippen LogP contribution in [0.4, 0.5) is 5.82 Å². The largest absolute Gasteiger partial charge is 0.384 e. The molecule has 0 saturated heterocycles. The lowest BCUT2D eigenvalue weighted by molar-refractivity contribution is 0.350. The Balaban J connectivity index is 2.23. The molecule has 0 aliphatic rings. The molecular formula is C15H14N2O3S. The van der Waals surface area contributed by atoms with Gasteiger partial charge < -0.3 is 5.11 Å². The molecule has 0 fully saturated rings. The second-order valence-corrected chi connectivity index (χ2v) is 5.99. The number of sulfonamides is 1. The van der Waals surface area contributed by atoms with Gasteiger partial charge in [0.15, 0.2) is 0 Å². The van der Waals surface area contributed by atoms with Crippen LogP contribution in [0.15, 0.2) is 47.5 Å². The van der Waals surface area contributed by atoms with Gasteiger partial charge in [0.25, 0.3) is 10.0 Å². The summed E-state index contributed by atoms with van der Waals surface area (Å²) in [5.74, 6) is 5.48. The van der Waals surface area contributed by atoms with Gasteiger partial charge >= 0.3 is 0 Å². The number of aliphatic hydroxyl groups is 1. The summed E-state index contributed by atoms with van der Waals surface area (Å²) in [6, 6.07) is 9.52. The lowest BCUT2D eigenvalue weighted by atomic mass is 10.2. The number of hydrogen-bond acceptors (Lipinski definition) is 4. The molecule has 21 heavy (non-hydrogen) atoms. The maximum atomic E-state index is 12.2. The first-order valence-electron chi connectivity index (χ1n) is 6.16. The van der Waals surface area contributed by atoms with E-state index in [4.69, 9.17) is 5.11 Å². The molecule has 0 radical (unpaired) electrons. The van der Waals surface area contributed by atoms with Gasteiger partial charge in [0, 0.05) is 11.8 Å².